The van der Waals surface area contributed by atoms with Crippen molar-refractivity contribution in [2.24, 2.45) is 0 Å². The predicted molar refractivity (Wildman–Crippen MR) is 111 cm³/mol. The Morgan fingerprint density at radius 3 is 2.41 bits per heavy atom. The van der Waals surface area contributed by atoms with E-state index in [9.17, 15) is 27.9 Å². The molecule has 4 aromatic rings. The van der Waals surface area contributed by atoms with Crippen molar-refractivity contribution in [1.29, 1.82) is 0 Å². The second kappa shape index (κ2) is 6.98. The first-order valence-electron chi connectivity index (χ1n) is 9.61. The van der Waals surface area contributed by atoms with E-state index in [0.717, 1.165) is 17.0 Å². The molecule has 3 aromatic carbocycles. The van der Waals surface area contributed by atoms with Crippen LogP contribution < -0.4 is 10.3 Å². The fraction of sp³-hybridized carbons (Fsp3) is 0.0833. The Morgan fingerprint density at radius 1 is 0.906 bits per heavy atom. The summed E-state index contributed by atoms with van der Waals surface area (Å²) < 4.78 is 45.8. The van der Waals surface area contributed by atoms with E-state index >= 15 is 0 Å². The van der Waals surface area contributed by atoms with Crippen LogP contribution in [0.25, 0.3) is 11.0 Å². The van der Waals surface area contributed by atoms with Crippen LogP contribution in [0.15, 0.2) is 82.0 Å². The number of carbonyl (C=O) groups excluding carboxylic acids is 1. The highest BCUT2D eigenvalue weighted by molar-refractivity contribution is 6.10. The number of hydrogen-bond donors (Lipinski definition) is 1. The molecule has 1 atom stereocenters. The van der Waals surface area contributed by atoms with Crippen molar-refractivity contribution >= 4 is 22.6 Å². The normalized spacial score (nSPS) is 15.9. The van der Waals surface area contributed by atoms with E-state index in [1.165, 1.54) is 30.3 Å². The Morgan fingerprint density at radius 2 is 1.66 bits per heavy atom. The first-order valence-corrected chi connectivity index (χ1v) is 9.61. The Labute approximate surface area is 178 Å². The lowest BCUT2D eigenvalue weighted by molar-refractivity contribution is -0.137. The maximum atomic E-state index is 13.4. The zero-order valence-corrected chi connectivity index (χ0v) is 16.3. The number of aromatic hydroxyl groups is 1. The van der Waals surface area contributed by atoms with Crippen molar-refractivity contribution < 1.29 is 27.5 Å². The third-order valence-corrected chi connectivity index (χ3v) is 5.42. The SMILES string of the molecule is O=C1c2oc3ccccc3c(=O)c2C(c2cccc(O)c2)N1c1cccc(C(F)(F)F)c1. The van der Waals surface area contributed by atoms with E-state index in [-0.39, 0.29) is 33.7 Å². The molecule has 0 saturated carbocycles. The number of halogens is 3. The molecule has 0 spiro atoms. The summed E-state index contributed by atoms with van der Waals surface area (Å²) in [6, 6.07) is 15.5. The molecule has 1 N–H and O–H groups in total. The molecular formula is C24H14F3NO4. The molecular weight excluding hydrogens is 423 g/mol. The zero-order valence-electron chi connectivity index (χ0n) is 16.3. The van der Waals surface area contributed by atoms with Crippen LogP contribution in [0.3, 0.4) is 0 Å². The van der Waals surface area contributed by atoms with Crippen molar-refractivity contribution in [3.8, 4) is 5.75 Å². The highest BCUT2D eigenvalue weighted by atomic mass is 19.4. The molecule has 1 aromatic heterocycles. The van der Waals surface area contributed by atoms with Crippen molar-refractivity contribution in [3.63, 3.8) is 0 Å². The van der Waals surface area contributed by atoms with Crippen LogP contribution >= 0.6 is 0 Å². The molecule has 0 saturated heterocycles. The molecule has 1 aliphatic rings. The standard InChI is InChI=1S/C24H14F3NO4/c25-24(26,27)14-6-4-7-15(12-14)28-20(13-5-3-8-16(29)11-13)19-21(30)17-9-1-2-10-18(17)32-22(19)23(28)31/h1-12,20,29H. The molecule has 32 heavy (non-hydrogen) atoms. The van der Waals surface area contributed by atoms with Crippen molar-refractivity contribution in [2.45, 2.75) is 12.2 Å². The summed E-state index contributed by atoms with van der Waals surface area (Å²) in [7, 11) is 0. The van der Waals surface area contributed by atoms with Crippen LogP contribution in [0, 0.1) is 0 Å². The monoisotopic (exact) mass is 437 g/mol. The molecule has 5 nitrogen and oxygen atoms in total. The van der Waals surface area contributed by atoms with Crippen LogP contribution in [-0.4, -0.2) is 11.0 Å². The fourth-order valence-electron chi connectivity index (χ4n) is 4.03. The lowest BCUT2D eigenvalue weighted by atomic mass is 9.98. The first kappa shape index (κ1) is 19.9. The number of carbonyl (C=O) groups is 1. The Bertz CT molecular complexity index is 1440. The van der Waals surface area contributed by atoms with Gasteiger partial charge in [-0.3, -0.25) is 14.5 Å². The van der Waals surface area contributed by atoms with E-state index in [1.807, 2.05) is 0 Å². The van der Waals surface area contributed by atoms with Gasteiger partial charge in [0.1, 0.15) is 11.3 Å². The van der Waals surface area contributed by atoms with Gasteiger partial charge in [0.25, 0.3) is 5.91 Å². The molecule has 5 rings (SSSR count). The zero-order chi connectivity index (χ0) is 22.6. The molecule has 1 amide bonds. The molecule has 0 fully saturated rings. The number of phenols is 1. The van der Waals surface area contributed by atoms with Gasteiger partial charge in [0, 0.05) is 5.69 Å². The number of amides is 1. The number of benzene rings is 3. The third-order valence-electron chi connectivity index (χ3n) is 5.42. The van der Waals surface area contributed by atoms with Gasteiger partial charge in [-0.05, 0) is 48.0 Å². The Balaban J connectivity index is 1.80. The minimum atomic E-state index is -4.62. The number of phenolic OH excluding ortho intramolecular Hbond substituents is 1. The van der Waals surface area contributed by atoms with Gasteiger partial charge in [0.05, 0.1) is 22.6 Å². The van der Waals surface area contributed by atoms with Gasteiger partial charge in [0.15, 0.2) is 5.43 Å². The fourth-order valence-corrected chi connectivity index (χ4v) is 4.03. The van der Waals surface area contributed by atoms with Gasteiger partial charge in [-0.2, -0.15) is 13.2 Å². The summed E-state index contributed by atoms with van der Waals surface area (Å²) in [5.41, 5.74) is -0.872. The summed E-state index contributed by atoms with van der Waals surface area (Å²) in [6.07, 6.45) is -4.62. The lowest BCUT2D eigenvalue weighted by Gasteiger charge is -2.26. The Kier molecular flexibility index (Phi) is 4.33. The minimum absolute atomic E-state index is 0.0108. The molecule has 8 heteroatoms. The van der Waals surface area contributed by atoms with Gasteiger partial charge >= 0.3 is 6.18 Å². The average Bonchev–Trinajstić information content (AvgIpc) is 3.06. The number of fused-ring (bicyclic) bond motifs is 2. The maximum Gasteiger partial charge on any atom is 0.416 e. The largest absolute Gasteiger partial charge is 0.508 e. The molecule has 0 aliphatic carbocycles. The second-order valence-corrected chi connectivity index (χ2v) is 7.39. The van der Waals surface area contributed by atoms with E-state index < -0.39 is 29.1 Å². The summed E-state index contributed by atoms with van der Waals surface area (Å²) in [5.74, 6) is -1.09. The van der Waals surface area contributed by atoms with E-state index in [2.05, 4.69) is 0 Å². The topological polar surface area (TPSA) is 70.8 Å². The van der Waals surface area contributed by atoms with E-state index in [4.69, 9.17) is 4.42 Å². The van der Waals surface area contributed by atoms with Gasteiger partial charge in [-0.1, -0.05) is 30.3 Å². The van der Waals surface area contributed by atoms with Crippen LogP contribution in [0.5, 0.6) is 5.75 Å². The van der Waals surface area contributed by atoms with Gasteiger partial charge in [-0.25, -0.2) is 0 Å². The summed E-state index contributed by atoms with van der Waals surface area (Å²) in [6.45, 7) is 0. The van der Waals surface area contributed by atoms with Gasteiger partial charge in [-0.15, -0.1) is 0 Å². The second-order valence-electron chi connectivity index (χ2n) is 7.39. The lowest BCUT2D eigenvalue weighted by Crippen LogP contribution is -2.29. The van der Waals surface area contributed by atoms with Gasteiger partial charge < -0.3 is 9.52 Å². The van der Waals surface area contributed by atoms with E-state index in [1.54, 1.807) is 30.3 Å². The number of nitrogens with zero attached hydrogens (tertiary/aromatic N) is 1. The number of rotatable bonds is 2. The maximum absolute atomic E-state index is 13.4. The summed E-state index contributed by atoms with van der Waals surface area (Å²) >= 11 is 0. The van der Waals surface area contributed by atoms with Crippen molar-refractivity contribution in [3.05, 3.63) is 105 Å². The number of hydrogen-bond acceptors (Lipinski definition) is 4. The van der Waals surface area contributed by atoms with E-state index in [0.29, 0.717) is 5.56 Å². The predicted octanol–water partition coefficient (Wildman–Crippen LogP) is 5.27. The average molecular weight is 437 g/mol. The summed E-state index contributed by atoms with van der Waals surface area (Å²) in [4.78, 5) is 27.8. The van der Waals surface area contributed by atoms with Crippen LogP contribution in [0.4, 0.5) is 18.9 Å². The molecule has 1 aliphatic heterocycles. The minimum Gasteiger partial charge on any atom is -0.508 e. The number of alkyl halides is 3. The van der Waals surface area contributed by atoms with Crippen LogP contribution in [-0.2, 0) is 6.18 Å². The highest BCUT2D eigenvalue weighted by Crippen LogP contribution is 2.43. The van der Waals surface area contributed by atoms with Crippen molar-refractivity contribution in [2.75, 3.05) is 4.90 Å². The molecule has 0 bridgehead atoms. The highest BCUT2D eigenvalue weighted by Gasteiger charge is 2.44. The van der Waals surface area contributed by atoms with Gasteiger partial charge in [0.2, 0.25) is 5.76 Å². The number of para-hydroxylation sites is 1. The quantitative estimate of drug-likeness (QED) is 0.464. The molecule has 160 valence electrons. The first-order chi connectivity index (χ1) is 15.3. The van der Waals surface area contributed by atoms with Crippen LogP contribution in [0.2, 0.25) is 0 Å². The Hall–Kier alpha value is -4.07. The van der Waals surface area contributed by atoms with Crippen LogP contribution in [0.1, 0.15) is 33.3 Å². The number of anilines is 1. The molecule has 1 unspecified atom stereocenters. The summed E-state index contributed by atoms with van der Waals surface area (Å²) in [5, 5.41) is 10.2. The molecule has 0 radical (unpaired) electrons. The molecule has 2 heterocycles. The van der Waals surface area contributed by atoms with Crippen molar-refractivity contribution in [1.82, 2.24) is 0 Å². The third kappa shape index (κ3) is 3.03. The smallest absolute Gasteiger partial charge is 0.416 e.